The highest BCUT2D eigenvalue weighted by atomic mass is 16.6. The van der Waals surface area contributed by atoms with Crippen LogP contribution in [0.1, 0.15) is 19.4 Å². The fraction of sp³-hybridized carbons (Fsp3) is 0.500. The summed E-state index contributed by atoms with van der Waals surface area (Å²) in [7, 11) is 1.61. The normalized spacial score (nSPS) is 11.3. The molecule has 0 saturated carbocycles. The molecule has 0 aromatic heterocycles. The number of nitrogens with zero attached hydrogens (tertiary/aromatic N) is 1. The Morgan fingerprint density at radius 1 is 1.47 bits per heavy atom. The molecule has 1 rings (SSSR count). The molecule has 0 heterocycles. The number of ether oxygens (including phenoxy) is 1. The van der Waals surface area contributed by atoms with Gasteiger partial charge in [0.15, 0.2) is 0 Å². The smallest absolute Gasteiger partial charge is 0.295 e. The van der Waals surface area contributed by atoms with E-state index < -0.39 is 0 Å². The van der Waals surface area contributed by atoms with Crippen LogP contribution >= 0.6 is 0 Å². The van der Waals surface area contributed by atoms with E-state index in [4.69, 9.17) is 4.74 Å². The summed E-state index contributed by atoms with van der Waals surface area (Å²) < 4.78 is 5.08. The number of hydrogen-bond donors (Lipinski definition) is 1. The van der Waals surface area contributed by atoms with Crippen molar-refractivity contribution < 1.29 is 9.66 Å². The second-order valence-electron chi connectivity index (χ2n) is 4.67. The molecule has 94 valence electrons. The average Bonchev–Trinajstić information content (AvgIpc) is 2.15. The number of hydrogen-bond acceptors (Lipinski definition) is 4. The third kappa shape index (κ3) is 3.42. The molecule has 0 aliphatic rings. The molecule has 0 atom stereocenters. The fourth-order valence-corrected chi connectivity index (χ4v) is 1.76. The number of benzene rings is 1. The number of aryl methyl sites for hydroxylation is 1. The van der Waals surface area contributed by atoms with Gasteiger partial charge in [0, 0.05) is 12.7 Å². The van der Waals surface area contributed by atoms with Gasteiger partial charge in [0.2, 0.25) is 0 Å². The van der Waals surface area contributed by atoms with E-state index in [0.29, 0.717) is 17.9 Å². The molecule has 17 heavy (non-hydrogen) atoms. The molecule has 1 aromatic carbocycles. The molecule has 0 radical (unpaired) electrons. The molecule has 1 N–H and O–H groups in total. The summed E-state index contributed by atoms with van der Waals surface area (Å²) >= 11 is 0. The van der Waals surface area contributed by atoms with Gasteiger partial charge in [-0.1, -0.05) is 12.1 Å². The van der Waals surface area contributed by atoms with Crippen LogP contribution in [0.3, 0.4) is 0 Å². The van der Waals surface area contributed by atoms with Gasteiger partial charge >= 0.3 is 0 Å². The highest BCUT2D eigenvalue weighted by Gasteiger charge is 2.23. The second kappa shape index (κ2) is 5.14. The van der Waals surface area contributed by atoms with Gasteiger partial charge < -0.3 is 10.1 Å². The third-order valence-corrected chi connectivity index (χ3v) is 2.40. The van der Waals surface area contributed by atoms with Crippen LogP contribution in [-0.4, -0.2) is 24.2 Å². The number of nitro groups is 1. The molecule has 0 amide bonds. The highest BCUT2D eigenvalue weighted by molar-refractivity contribution is 5.65. The van der Waals surface area contributed by atoms with Crippen LogP contribution in [0.15, 0.2) is 18.2 Å². The van der Waals surface area contributed by atoms with Crippen LogP contribution in [0.5, 0.6) is 0 Å². The lowest BCUT2D eigenvalue weighted by molar-refractivity contribution is -0.384. The summed E-state index contributed by atoms with van der Waals surface area (Å²) in [5, 5.41) is 14.2. The van der Waals surface area contributed by atoms with Crippen molar-refractivity contribution in [2.75, 3.05) is 19.0 Å². The van der Waals surface area contributed by atoms with E-state index in [2.05, 4.69) is 5.32 Å². The van der Waals surface area contributed by atoms with Crippen LogP contribution < -0.4 is 5.32 Å². The molecule has 0 spiro atoms. The van der Waals surface area contributed by atoms with Crippen molar-refractivity contribution in [2.45, 2.75) is 26.3 Å². The largest absolute Gasteiger partial charge is 0.382 e. The van der Waals surface area contributed by atoms with E-state index in [1.807, 2.05) is 13.8 Å². The standard InChI is InChI=1S/C12H18N2O3/c1-9-6-5-7-10(11(9)14(15)16)13-12(2,3)8-17-4/h5-7,13H,8H2,1-4H3. The fourth-order valence-electron chi connectivity index (χ4n) is 1.76. The van der Waals surface area contributed by atoms with Gasteiger partial charge in [-0.2, -0.15) is 0 Å². The Labute approximate surface area is 101 Å². The molecule has 0 saturated heterocycles. The van der Waals surface area contributed by atoms with E-state index in [-0.39, 0.29) is 16.1 Å². The van der Waals surface area contributed by atoms with Crippen molar-refractivity contribution >= 4 is 11.4 Å². The Bertz CT molecular complexity index is 416. The number of anilines is 1. The minimum atomic E-state index is -0.361. The first kappa shape index (κ1) is 13.4. The summed E-state index contributed by atoms with van der Waals surface area (Å²) in [5.41, 5.74) is 0.940. The lowest BCUT2D eigenvalue weighted by Gasteiger charge is -2.26. The molecule has 5 nitrogen and oxygen atoms in total. The summed E-state index contributed by atoms with van der Waals surface area (Å²) in [5.74, 6) is 0. The summed E-state index contributed by atoms with van der Waals surface area (Å²) in [6.45, 7) is 6.07. The van der Waals surface area contributed by atoms with Crippen LogP contribution in [0.25, 0.3) is 0 Å². The molecule has 5 heteroatoms. The predicted molar refractivity (Wildman–Crippen MR) is 67.4 cm³/mol. The minimum Gasteiger partial charge on any atom is -0.382 e. The number of rotatable bonds is 5. The molecule has 1 aromatic rings. The number of para-hydroxylation sites is 1. The Kier molecular flexibility index (Phi) is 4.07. The van der Waals surface area contributed by atoms with Gasteiger partial charge in [0.05, 0.1) is 17.1 Å². The maximum atomic E-state index is 11.0. The maximum Gasteiger partial charge on any atom is 0.295 e. The van der Waals surface area contributed by atoms with Gasteiger partial charge in [-0.3, -0.25) is 10.1 Å². The van der Waals surface area contributed by atoms with Crippen molar-refractivity contribution in [3.05, 3.63) is 33.9 Å². The van der Waals surface area contributed by atoms with E-state index in [9.17, 15) is 10.1 Å². The third-order valence-electron chi connectivity index (χ3n) is 2.40. The lowest BCUT2D eigenvalue weighted by Crippen LogP contribution is -2.36. The van der Waals surface area contributed by atoms with Crippen molar-refractivity contribution in [2.24, 2.45) is 0 Å². The molecule has 0 aliphatic carbocycles. The number of nitro benzene ring substituents is 1. The molecule has 0 bridgehead atoms. The molecular formula is C12H18N2O3. The van der Waals surface area contributed by atoms with Gasteiger partial charge in [0.1, 0.15) is 5.69 Å². The highest BCUT2D eigenvalue weighted by Crippen LogP contribution is 2.30. The average molecular weight is 238 g/mol. The van der Waals surface area contributed by atoms with Crippen molar-refractivity contribution in [1.82, 2.24) is 0 Å². The molecule has 0 fully saturated rings. The Balaban J connectivity index is 3.06. The minimum absolute atomic E-state index is 0.122. The van der Waals surface area contributed by atoms with Crippen molar-refractivity contribution in [1.29, 1.82) is 0 Å². The van der Waals surface area contributed by atoms with Crippen LogP contribution in [0.4, 0.5) is 11.4 Å². The zero-order chi connectivity index (χ0) is 13.1. The van der Waals surface area contributed by atoms with Crippen LogP contribution in [0, 0.1) is 17.0 Å². The van der Waals surface area contributed by atoms with Gasteiger partial charge in [0.25, 0.3) is 5.69 Å². The number of nitrogens with one attached hydrogen (secondary N) is 1. The zero-order valence-electron chi connectivity index (χ0n) is 10.6. The zero-order valence-corrected chi connectivity index (χ0v) is 10.6. The second-order valence-corrected chi connectivity index (χ2v) is 4.67. The topological polar surface area (TPSA) is 64.4 Å². The van der Waals surface area contributed by atoms with E-state index in [0.717, 1.165) is 0 Å². The quantitative estimate of drug-likeness (QED) is 0.632. The number of methoxy groups -OCH3 is 1. The predicted octanol–water partition coefficient (Wildman–Crippen LogP) is 2.74. The van der Waals surface area contributed by atoms with Crippen molar-refractivity contribution in [3.8, 4) is 0 Å². The van der Waals surface area contributed by atoms with E-state index in [1.54, 1.807) is 32.2 Å². The Morgan fingerprint density at radius 2 is 2.12 bits per heavy atom. The first-order valence-corrected chi connectivity index (χ1v) is 5.38. The first-order valence-electron chi connectivity index (χ1n) is 5.38. The SMILES string of the molecule is COCC(C)(C)Nc1cccc(C)c1[N+](=O)[O-]. The summed E-state index contributed by atoms with van der Waals surface area (Å²) in [6, 6.07) is 5.24. The van der Waals surface area contributed by atoms with Crippen LogP contribution in [-0.2, 0) is 4.74 Å². The van der Waals surface area contributed by atoms with E-state index in [1.165, 1.54) is 0 Å². The first-order chi connectivity index (χ1) is 7.87. The lowest BCUT2D eigenvalue weighted by atomic mass is 10.1. The van der Waals surface area contributed by atoms with Crippen molar-refractivity contribution in [3.63, 3.8) is 0 Å². The Morgan fingerprint density at radius 3 is 2.65 bits per heavy atom. The molecule has 0 unspecified atom stereocenters. The van der Waals surface area contributed by atoms with Gasteiger partial charge in [-0.25, -0.2) is 0 Å². The summed E-state index contributed by atoms with van der Waals surface area (Å²) in [4.78, 5) is 10.7. The molecule has 0 aliphatic heterocycles. The Hall–Kier alpha value is -1.62. The summed E-state index contributed by atoms with van der Waals surface area (Å²) in [6.07, 6.45) is 0. The van der Waals surface area contributed by atoms with Gasteiger partial charge in [-0.05, 0) is 26.8 Å². The monoisotopic (exact) mass is 238 g/mol. The maximum absolute atomic E-state index is 11.0. The van der Waals surface area contributed by atoms with Crippen LogP contribution in [0.2, 0.25) is 0 Å². The van der Waals surface area contributed by atoms with Gasteiger partial charge in [-0.15, -0.1) is 0 Å². The van der Waals surface area contributed by atoms with E-state index >= 15 is 0 Å². The molecular weight excluding hydrogens is 220 g/mol.